The van der Waals surface area contributed by atoms with E-state index in [2.05, 4.69) is 6.92 Å². The first kappa shape index (κ1) is 20.0. The van der Waals surface area contributed by atoms with Crippen LogP contribution in [-0.2, 0) is 0 Å². The summed E-state index contributed by atoms with van der Waals surface area (Å²) < 4.78 is 0. The Bertz CT molecular complexity index is 230. The highest BCUT2D eigenvalue weighted by Gasteiger charge is 2.27. The molecule has 1 heteroatoms. The Morgan fingerprint density at radius 3 is 1.45 bits per heavy atom. The van der Waals surface area contributed by atoms with Crippen LogP contribution in [0.5, 0.6) is 0 Å². The third kappa shape index (κ3) is 10.6. The fraction of sp³-hybridized carbons (Fsp3) is 1.00. The van der Waals surface area contributed by atoms with Crippen LogP contribution in [0.4, 0.5) is 0 Å². The fourth-order valence-corrected chi connectivity index (χ4v) is 3.93. The van der Waals surface area contributed by atoms with Crippen LogP contribution in [0.1, 0.15) is 129 Å². The summed E-state index contributed by atoms with van der Waals surface area (Å²) in [6.07, 6.45) is 25.3. The lowest BCUT2D eigenvalue weighted by Gasteiger charge is -2.32. The van der Waals surface area contributed by atoms with E-state index in [1.54, 1.807) is 0 Å². The molecular weight excluding hydrogens is 268 g/mol. The van der Waals surface area contributed by atoms with Crippen LogP contribution in [0.15, 0.2) is 0 Å². The van der Waals surface area contributed by atoms with Gasteiger partial charge in [-0.15, -0.1) is 0 Å². The van der Waals surface area contributed by atoms with Crippen LogP contribution in [-0.4, -0.2) is 10.7 Å². The fourth-order valence-electron chi connectivity index (χ4n) is 3.93. The van der Waals surface area contributed by atoms with Crippen LogP contribution in [0, 0.1) is 0 Å². The van der Waals surface area contributed by atoms with E-state index in [-0.39, 0.29) is 5.60 Å². The van der Waals surface area contributed by atoms with Crippen molar-refractivity contribution >= 4 is 0 Å². The lowest BCUT2D eigenvalue weighted by Crippen LogP contribution is -2.30. The first-order valence-corrected chi connectivity index (χ1v) is 10.5. The predicted molar refractivity (Wildman–Crippen MR) is 98.3 cm³/mol. The molecule has 1 nitrogen and oxygen atoms in total. The summed E-state index contributed by atoms with van der Waals surface area (Å²) in [4.78, 5) is 0. The molecule has 0 spiro atoms. The van der Waals surface area contributed by atoms with Gasteiger partial charge < -0.3 is 5.11 Å². The summed E-state index contributed by atoms with van der Waals surface area (Å²) >= 11 is 0. The molecule has 1 saturated carbocycles. The van der Waals surface area contributed by atoms with Crippen molar-refractivity contribution in [1.82, 2.24) is 0 Å². The molecule has 0 aromatic rings. The van der Waals surface area contributed by atoms with Gasteiger partial charge in [-0.2, -0.15) is 0 Å². The second kappa shape index (κ2) is 13.4. The Hall–Kier alpha value is -0.0400. The van der Waals surface area contributed by atoms with Crippen LogP contribution >= 0.6 is 0 Å². The standard InChI is InChI=1S/C21H42O/c1-2-3-4-5-6-7-8-9-10-11-12-13-15-18-21(22)19-16-14-17-20-21/h22H,2-20H2,1H3. The second-order valence-electron chi connectivity index (χ2n) is 7.78. The minimum Gasteiger partial charge on any atom is -0.390 e. The zero-order chi connectivity index (χ0) is 15.9. The van der Waals surface area contributed by atoms with Crippen molar-refractivity contribution in [3.8, 4) is 0 Å². The van der Waals surface area contributed by atoms with E-state index in [0.29, 0.717) is 0 Å². The third-order valence-electron chi connectivity index (χ3n) is 5.53. The van der Waals surface area contributed by atoms with E-state index in [0.717, 1.165) is 19.3 Å². The van der Waals surface area contributed by atoms with E-state index in [1.807, 2.05) is 0 Å². The largest absolute Gasteiger partial charge is 0.390 e. The second-order valence-corrected chi connectivity index (χ2v) is 7.78. The minimum atomic E-state index is -0.282. The van der Waals surface area contributed by atoms with Gasteiger partial charge in [-0.05, 0) is 19.3 Å². The first-order valence-electron chi connectivity index (χ1n) is 10.5. The quantitative estimate of drug-likeness (QED) is 0.337. The molecule has 1 rings (SSSR count). The molecule has 1 aliphatic rings. The van der Waals surface area contributed by atoms with Gasteiger partial charge in [0.15, 0.2) is 0 Å². The molecule has 22 heavy (non-hydrogen) atoms. The van der Waals surface area contributed by atoms with Crippen molar-refractivity contribution in [3.05, 3.63) is 0 Å². The lowest BCUT2D eigenvalue weighted by atomic mass is 9.81. The molecule has 1 aliphatic carbocycles. The van der Waals surface area contributed by atoms with Gasteiger partial charge in [0.2, 0.25) is 0 Å². The average Bonchev–Trinajstić information content (AvgIpc) is 2.52. The summed E-state index contributed by atoms with van der Waals surface area (Å²) in [6.45, 7) is 2.29. The zero-order valence-corrected chi connectivity index (χ0v) is 15.4. The van der Waals surface area contributed by atoms with Crippen molar-refractivity contribution < 1.29 is 5.11 Å². The molecule has 0 aromatic carbocycles. The summed E-state index contributed by atoms with van der Waals surface area (Å²) in [5.41, 5.74) is -0.282. The number of rotatable bonds is 14. The molecule has 1 N–H and O–H groups in total. The maximum absolute atomic E-state index is 10.4. The van der Waals surface area contributed by atoms with Gasteiger partial charge in [-0.3, -0.25) is 0 Å². The number of hydrogen-bond donors (Lipinski definition) is 1. The SMILES string of the molecule is CCCCCCCCCCCCCCCC1(O)CCCCC1. The van der Waals surface area contributed by atoms with Crippen LogP contribution in [0.3, 0.4) is 0 Å². The molecule has 132 valence electrons. The number of hydrogen-bond acceptors (Lipinski definition) is 1. The Kier molecular flexibility index (Phi) is 12.2. The van der Waals surface area contributed by atoms with Gasteiger partial charge in [0.1, 0.15) is 0 Å². The molecule has 0 unspecified atom stereocenters. The van der Waals surface area contributed by atoms with E-state index >= 15 is 0 Å². The van der Waals surface area contributed by atoms with Gasteiger partial charge in [0, 0.05) is 0 Å². The van der Waals surface area contributed by atoms with Crippen molar-refractivity contribution in [1.29, 1.82) is 0 Å². The third-order valence-corrected chi connectivity index (χ3v) is 5.53. The van der Waals surface area contributed by atoms with E-state index in [9.17, 15) is 5.11 Å². The lowest BCUT2D eigenvalue weighted by molar-refractivity contribution is -0.00587. The van der Waals surface area contributed by atoms with E-state index < -0.39 is 0 Å². The molecule has 0 saturated heterocycles. The van der Waals surface area contributed by atoms with Gasteiger partial charge in [0.25, 0.3) is 0 Å². The summed E-state index contributed by atoms with van der Waals surface area (Å²) in [7, 11) is 0. The molecule has 0 heterocycles. The maximum Gasteiger partial charge on any atom is 0.0647 e. The molecule has 0 atom stereocenters. The number of aliphatic hydroxyl groups is 1. The van der Waals surface area contributed by atoms with E-state index in [4.69, 9.17) is 0 Å². The molecule has 0 radical (unpaired) electrons. The Labute approximate surface area is 140 Å². The Balaban J connectivity index is 1.76. The normalized spacial score (nSPS) is 17.7. The van der Waals surface area contributed by atoms with Crippen LogP contribution in [0.25, 0.3) is 0 Å². The summed E-state index contributed by atoms with van der Waals surface area (Å²) in [5.74, 6) is 0. The monoisotopic (exact) mass is 310 g/mol. The highest BCUT2D eigenvalue weighted by Crippen LogP contribution is 2.32. The van der Waals surface area contributed by atoms with Crippen LogP contribution < -0.4 is 0 Å². The molecule has 0 bridgehead atoms. The molecular formula is C21H42O. The highest BCUT2D eigenvalue weighted by atomic mass is 16.3. The van der Waals surface area contributed by atoms with Gasteiger partial charge in [-0.25, -0.2) is 0 Å². The molecule has 0 aliphatic heterocycles. The Morgan fingerprint density at radius 2 is 1.00 bits per heavy atom. The zero-order valence-electron chi connectivity index (χ0n) is 15.4. The van der Waals surface area contributed by atoms with Crippen molar-refractivity contribution in [3.63, 3.8) is 0 Å². The van der Waals surface area contributed by atoms with Crippen molar-refractivity contribution in [2.75, 3.05) is 0 Å². The van der Waals surface area contributed by atoms with Crippen molar-refractivity contribution in [2.45, 2.75) is 135 Å². The molecule has 0 amide bonds. The smallest absolute Gasteiger partial charge is 0.0647 e. The summed E-state index contributed by atoms with van der Waals surface area (Å²) in [5, 5.41) is 10.4. The average molecular weight is 311 g/mol. The van der Waals surface area contributed by atoms with Gasteiger partial charge in [0.05, 0.1) is 5.60 Å². The Morgan fingerprint density at radius 1 is 0.591 bits per heavy atom. The maximum atomic E-state index is 10.4. The topological polar surface area (TPSA) is 20.2 Å². The minimum absolute atomic E-state index is 0.282. The molecule has 1 fully saturated rings. The van der Waals surface area contributed by atoms with Crippen LogP contribution in [0.2, 0.25) is 0 Å². The van der Waals surface area contributed by atoms with Gasteiger partial charge in [-0.1, -0.05) is 110 Å². The van der Waals surface area contributed by atoms with Crippen molar-refractivity contribution in [2.24, 2.45) is 0 Å². The van der Waals surface area contributed by atoms with Gasteiger partial charge >= 0.3 is 0 Å². The summed E-state index contributed by atoms with van der Waals surface area (Å²) in [6, 6.07) is 0. The first-order chi connectivity index (χ1) is 10.8. The molecule has 0 aromatic heterocycles. The highest BCUT2D eigenvalue weighted by molar-refractivity contribution is 4.81. The predicted octanol–water partition coefficient (Wildman–Crippen LogP) is 7.16. The van der Waals surface area contributed by atoms with E-state index in [1.165, 1.54) is 103 Å². The number of unbranched alkanes of at least 4 members (excludes halogenated alkanes) is 12.